The maximum absolute atomic E-state index is 12.9. The van der Waals surface area contributed by atoms with Gasteiger partial charge in [0.2, 0.25) is 11.7 Å². The molecule has 14 heteroatoms. The predicted molar refractivity (Wildman–Crippen MR) is 131 cm³/mol. The number of nitro benzene ring substituents is 1. The van der Waals surface area contributed by atoms with Crippen molar-refractivity contribution >= 4 is 56.5 Å². The van der Waals surface area contributed by atoms with Crippen LogP contribution in [0.15, 0.2) is 45.8 Å². The average Bonchev–Trinajstić information content (AvgIpc) is 3.45. The molecule has 2 saturated heterocycles. The zero-order chi connectivity index (χ0) is 26.9. The minimum absolute atomic E-state index is 0.0734. The molecule has 2 heterocycles. The summed E-state index contributed by atoms with van der Waals surface area (Å²) in [6.07, 6.45) is -1.55. The number of carbonyl (C=O) groups is 3. The maximum Gasteiger partial charge on any atom is 0.416 e. The van der Waals surface area contributed by atoms with Gasteiger partial charge in [-0.1, -0.05) is 6.07 Å². The summed E-state index contributed by atoms with van der Waals surface area (Å²) in [7, 11) is 0. The lowest BCUT2D eigenvalue weighted by atomic mass is 10.1. The smallest absolute Gasteiger partial charge is 0.416 e. The van der Waals surface area contributed by atoms with E-state index in [0.29, 0.717) is 47.0 Å². The molecule has 0 bridgehead atoms. The SMILES string of the molecule is O=C(CN1C(=O)S/C(=C\c2ccc(Oc3ccc(C(F)(F)F)cc3[N+](=O)[O-])c(Br)c2)C1=O)N1CCCC1. The number of hydrogen-bond acceptors (Lipinski definition) is 7. The molecule has 2 aromatic rings. The third-order valence-electron chi connectivity index (χ3n) is 5.58. The zero-order valence-electron chi connectivity index (χ0n) is 18.8. The van der Waals surface area contributed by atoms with Crippen LogP contribution in [0.2, 0.25) is 0 Å². The van der Waals surface area contributed by atoms with Crippen LogP contribution < -0.4 is 4.74 Å². The van der Waals surface area contributed by atoms with Crippen molar-refractivity contribution in [3.05, 3.63) is 67.0 Å². The lowest BCUT2D eigenvalue weighted by molar-refractivity contribution is -0.385. The molecule has 4 rings (SSSR count). The maximum atomic E-state index is 12.9. The van der Waals surface area contributed by atoms with Crippen LogP contribution in [0.25, 0.3) is 6.08 Å². The Balaban J connectivity index is 1.51. The molecule has 0 aromatic heterocycles. The van der Waals surface area contributed by atoms with Gasteiger partial charge in [-0.15, -0.1) is 0 Å². The Bertz CT molecular complexity index is 1330. The summed E-state index contributed by atoms with van der Waals surface area (Å²) >= 11 is 3.94. The number of benzene rings is 2. The highest BCUT2D eigenvalue weighted by Crippen LogP contribution is 2.40. The summed E-state index contributed by atoms with van der Waals surface area (Å²) in [5.74, 6) is -1.21. The first-order valence-corrected chi connectivity index (χ1v) is 12.4. The highest BCUT2D eigenvalue weighted by Gasteiger charge is 2.37. The fourth-order valence-corrected chi connectivity index (χ4v) is 5.04. The number of likely N-dealkylation sites (tertiary alicyclic amines) is 1. The van der Waals surface area contributed by atoms with Gasteiger partial charge >= 0.3 is 11.9 Å². The predicted octanol–water partition coefficient (Wildman–Crippen LogP) is 5.83. The van der Waals surface area contributed by atoms with Crippen molar-refractivity contribution in [2.24, 2.45) is 0 Å². The molecule has 2 aliphatic heterocycles. The number of hydrogen-bond donors (Lipinski definition) is 0. The van der Waals surface area contributed by atoms with Crippen LogP contribution in [-0.2, 0) is 15.8 Å². The van der Waals surface area contributed by atoms with Crippen LogP contribution in [0.1, 0.15) is 24.0 Å². The van der Waals surface area contributed by atoms with E-state index in [4.69, 9.17) is 4.74 Å². The van der Waals surface area contributed by atoms with Gasteiger partial charge in [0.25, 0.3) is 11.1 Å². The standard InChI is InChI=1S/C23H17BrF3N3O6S/c24-15-9-13(10-19-21(32)29(22(33)37-19)12-20(31)28-7-1-2-8-28)3-5-17(15)36-18-6-4-14(23(25,26)27)11-16(18)30(34)35/h3-6,9-11H,1-2,7-8,12H2/b19-10-. The second-order valence-corrected chi connectivity index (χ2v) is 9.93. The molecule has 2 aliphatic rings. The van der Waals surface area contributed by atoms with Gasteiger partial charge < -0.3 is 9.64 Å². The zero-order valence-corrected chi connectivity index (χ0v) is 21.2. The number of ether oxygens (including phenoxy) is 1. The number of thioether (sulfide) groups is 1. The van der Waals surface area contributed by atoms with Crippen LogP contribution in [-0.4, -0.2) is 51.4 Å². The third kappa shape index (κ3) is 5.96. The van der Waals surface area contributed by atoms with Crippen LogP contribution in [0.5, 0.6) is 11.5 Å². The molecular formula is C23H17BrF3N3O6S. The molecule has 0 unspecified atom stereocenters. The molecule has 0 aliphatic carbocycles. The van der Waals surface area contributed by atoms with E-state index in [1.54, 1.807) is 4.90 Å². The number of rotatable bonds is 6. The Morgan fingerprint density at radius 2 is 1.81 bits per heavy atom. The molecule has 3 amide bonds. The van der Waals surface area contributed by atoms with E-state index in [1.807, 2.05) is 0 Å². The van der Waals surface area contributed by atoms with E-state index in [1.165, 1.54) is 24.3 Å². The second-order valence-electron chi connectivity index (χ2n) is 8.09. The van der Waals surface area contributed by atoms with Crippen molar-refractivity contribution in [1.82, 2.24) is 9.80 Å². The normalized spacial score (nSPS) is 17.1. The number of alkyl halides is 3. The number of imide groups is 1. The van der Waals surface area contributed by atoms with Crippen LogP contribution >= 0.6 is 27.7 Å². The Hall–Kier alpha value is -3.39. The van der Waals surface area contributed by atoms with Crippen molar-refractivity contribution in [3.8, 4) is 11.5 Å². The van der Waals surface area contributed by atoms with Gasteiger partial charge in [0, 0.05) is 19.2 Å². The Morgan fingerprint density at radius 3 is 2.43 bits per heavy atom. The molecule has 9 nitrogen and oxygen atoms in total. The van der Waals surface area contributed by atoms with Crippen LogP contribution in [0.3, 0.4) is 0 Å². The number of nitro groups is 1. The van der Waals surface area contributed by atoms with Gasteiger partial charge in [0.05, 0.1) is 19.9 Å². The molecular weight excluding hydrogens is 583 g/mol. The molecule has 0 atom stereocenters. The van der Waals surface area contributed by atoms with E-state index in [0.717, 1.165) is 23.8 Å². The monoisotopic (exact) mass is 599 g/mol. The summed E-state index contributed by atoms with van der Waals surface area (Å²) in [4.78, 5) is 50.4. The van der Waals surface area contributed by atoms with Crippen molar-refractivity contribution < 1.29 is 37.2 Å². The lowest BCUT2D eigenvalue weighted by Gasteiger charge is -2.18. The van der Waals surface area contributed by atoms with Gasteiger partial charge in [-0.3, -0.25) is 29.4 Å². The topological polar surface area (TPSA) is 110 Å². The van der Waals surface area contributed by atoms with Gasteiger partial charge in [0.1, 0.15) is 12.3 Å². The highest BCUT2D eigenvalue weighted by molar-refractivity contribution is 9.10. The third-order valence-corrected chi connectivity index (χ3v) is 7.11. The van der Waals surface area contributed by atoms with Gasteiger partial charge in [-0.25, -0.2) is 0 Å². The minimum atomic E-state index is -4.76. The molecule has 0 spiro atoms. The van der Waals surface area contributed by atoms with Crippen molar-refractivity contribution in [1.29, 1.82) is 0 Å². The Labute approximate surface area is 220 Å². The summed E-state index contributed by atoms with van der Waals surface area (Å²) in [5, 5.41) is 10.7. The Morgan fingerprint density at radius 1 is 1.14 bits per heavy atom. The fourth-order valence-electron chi connectivity index (χ4n) is 3.72. The molecule has 0 N–H and O–H groups in total. The summed E-state index contributed by atoms with van der Waals surface area (Å²) in [6, 6.07) is 6.34. The average molecular weight is 600 g/mol. The number of halogens is 4. The molecule has 2 fully saturated rings. The quantitative estimate of drug-likeness (QED) is 0.233. The van der Waals surface area contributed by atoms with Crippen molar-refractivity contribution in [3.63, 3.8) is 0 Å². The first-order valence-electron chi connectivity index (χ1n) is 10.8. The molecule has 0 radical (unpaired) electrons. The van der Waals surface area contributed by atoms with Crippen molar-refractivity contribution in [2.45, 2.75) is 19.0 Å². The second kappa shape index (κ2) is 10.5. The van der Waals surface area contributed by atoms with Crippen LogP contribution in [0.4, 0.5) is 23.7 Å². The molecule has 0 saturated carbocycles. The summed E-state index contributed by atoms with van der Waals surface area (Å²) in [6.45, 7) is 0.871. The number of amides is 3. The minimum Gasteiger partial charge on any atom is -0.449 e. The van der Waals surface area contributed by atoms with E-state index in [2.05, 4.69) is 15.9 Å². The lowest BCUT2D eigenvalue weighted by Crippen LogP contribution is -2.40. The fraction of sp³-hybridized carbons (Fsp3) is 0.261. The van der Waals surface area contributed by atoms with Gasteiger partial charge in [0.15, 0.2) is 0 Å². The van der Waals surface area contributed by atoms with Gasteiger partial charge in [-0.2, -0.15) is 13.2 Å². The van der Waals surface area contributed by atoms with E-state index >= 15 is 0 Å². The van der Waals surface area contributed by atoms with E-state index in [-0.39, 0.29) is 23.1 Å². The largest absolute Gasteiger partial charge is 0.449 e. The molecule has 37 heavy (non-hydrogen) atoms. The molecule has 194 valence electrons. The van der Waals surface area contributed by atoms with Crippen molar-refractivity contribution in [2.75, 3.05) is 19.6 Å². The summed E-state index contributed by atoms with van der Waals surface area (Å²) in [5.41, 5.74) is -1.57. The van der Waals surface area contributed by atoms with Crippen LogP contribution in [0, 0.1) is 10.1 Å². The van der Waals surface area contributed by atoms with E-state index < -0.39 is 39.2 Å². The number of nitrogens with zero attached hydrogens (tertiary/aromatic N) is 3. The first kappa shape index (κ1) is 26.7. The summed E-state index contributed by atoms with van der Waals surface area (Å²) < 4.78 is 44.6. The molecule has 2 aromatic carbocycles. The van der Waals surface area contributed by atoms with Gasteiger partial charge in [-0.05, 0) is 76.4 Å². The highest BCUT2D eigenvalue weighted by atomic mass is 79.9. The number of carbonyl (C=O) groups excluding carboxylic acids is 3. The Kier molecular flexibility index (Phi) is 7.59. The van der Waals surface area contributed by atoms with E-state index in [9.17, 15) is 37.7 Å². The first-order chi connectivity index (χ1) is 17.4.